The third-order valence-electron chi connectivity index (χ3n) is 2.43. The minimum Gasteiger partial charge on any atom is -0.305 e. The zero-order valence-electron chi connectivity index (χ0n) is 9.21. The standard InChI is InChI=1S/C10H15BrN4/c1-7-10(11)8(2)15(14-7)5-4-9(6-12)13-3/h9,13H,4-5H2,1-3H3. The van der Waals surface area contributed by atoms with Gasteiger partial charge in [0.15, 0.2) is 0 Å². The maximum Gasteiger partial charge on any atom is 0.0968 e. The van der Waals surface area contributed by atoms with Gasteiger partial charge in [0.1, 0.15) is 0 Å². The van der Waals surface area contributed by atoms with Crippen LogP contribution in [0.2, 0.25) is 0 Å². The Morgan fingerprint density at radius 2 is 2.27 bits per heavy atom. The molecule has 82 valence electrons. The van der Waals surface area contributed by atoms with Crippen molar-refractivity contribution in [2.75, 3.05) is 7.05 Å². The van der Waals surface area contributed by atoms with E-state index < -0.39 is 0 Å². The number of nitrogens with zero attached hydrogens (tertiary/aromatic N) is 3. The normalized spacial score (nSPS) is 12.5. The highest BCUT2D eigenvalue weighted by atomic mass is 79.9. The second-order valence-electron chi connectivity index (χ2n) is 3.47. The van der Waals surface area contributed by atoms with Gasteiger partial charge in [0.05, 0.1) is 22.3 Å². The van der Waals surface area contributed by atoms with E-state index in [2.05, 4.69) is 32.4 Å². The molecule has 4 nitrogen and oxygen atoms in total. The Morgan fingerprint density at radius 3 is 2.67 bits per heavy atom. The van der Waals surface area contributed by atoms with Gasteiger partial charge in [-0.2, -0.15) is 10.4 Å². The van der Waals surface area contributed by atoms with Crippen LogP contribution in [-0.4, -0.2) is 22.9 Å². The Labute approximate surface area is 98.4 Å². The Hall–Kier alpha value is -0.860. The number of nitrogens with one attached hydrogen (secondary N) is 1. The SMILES string of the molecule is CNC(C#N)CCn1nc(C)c(Br)c1C. The van der Waals surface area contributed by atoms with E-state index in [1.807, 2.05) is 18.5 Å². The Kier molecular flexibility index (Phi) is 4.30. The smallest absolute Gasteiger partial charge is 0.0968 e. The summed E-state index contributed by atoms with van der Waals surface area (Å²) in [5.74, 6) is 0. The quantitative estimate of drug-likeness (QED) is 0.907. The molecule has 0 bridgehead atoms. The van der Waals surface area contributed by atoms with E-state index in [4.69, 9.17) is 5.26 Å². The minimum atomic E-state index is -0.104. The van der Waals surface area contributed by atoms with E-state index in [9.17, 15) is 0 Å². The Balaban J connectivity index is 2.66. The molecular formula is C10H15BrN4. The summed E-state index contributed by atoms with van der Waals surface area (Å²) in [6.07, 6.45) is 0.765. The lowest BCUT2D eigenvalue weighted by Gasteiger charge is -2.08. The molecule has 1 heterocycles. The molecule has 1 atom stereocenters. The van der Waals surface area contributed by atoms with Crippen molar-refractivity contribution in [3.05, 3.63) is 15.9 Å². The molecule has 0 fully saturated rings. The van der Waals surface area contributed by atoms with Gasteiger partial charge in [0.2, 0.25) is 0 Å². The van der Waals surface area contributed by atoms with Gasteiger partial charge >= 0.3 is 0 Å². The fourth-order valence-corrected chi connectivity index (χ4v) is 1.70. The molecule has 1 rings (SSSR count). The highest BCUT2D eigenvalue weighted by Gasteiger charge is 2.10. The second-order valence-corrected chi connectivity index (χ2v) is 4.26. The molecule has 5 heteroatoms. The fourth-order valence-electron chi connectivity index (χ4n) is 1.42. The maximum atomic E-state index is 8.78. The van der Waals surface area contributed by atoms with Crippen LogP contribution in [0.4, 0.5) is 0 Å². The van der Waals surface area contributed by atoms with Crippen molar-refractivity contribution in [1.29, 1.82) is 5.26 Å². The summed E-state index contributed by atoms with van der Waals surface area (Å²) in [5.41, 5.74) is 2.10. The van der Waals surface area contributed by atoms with Crippen molar-refractivity contribution < 1.29 is 0 Å². The van der Waals surface area contributed by atoms with Gasteiger partial charge in [0, 0.05) is 12.2 Å². The highest BCUT2D eigenvalue weighted by Crippen LogP contribution is 2.19. The molecule has 0 saturated heterocycles. The Morgan fingerprint density at radius 1 is 1.60 bits per heavy atom. The molecule has 0 aliphatic rings. The van der Waals surface area contributed by atoms with Crippen molar-refractivity contribution in [2.45, 2.75) is 32.9 Å². The van der Waals surface area contributed by atoms with Crippen molar-refractivity contribution >= 4 is 15.9 Å². The van der Waals surface area contributed by atoms with Crippen LogP contribution in [0.25, 0.3) is 0 Å². The molecule has 1 N–H and O–H groups in total. The molecule has 0 saturated carbocycles. The molecule has 15 heavy (non-hydrogen) atoms. The predicted octanol–water partition coefficient (Wildman–Crippen LogP) is 1.76. The molecule has 1 aromatic rings. The topological polar surface area (TPSA) is 53.6 Å². The average molecular weight is 271 g/mol. The highest BCUT2D eigenvalue weighted by molar-refractivity contribution is 9.10. The molecule has 0 radical (unpaired) electrons. The first-order valence-electron chi connectivity index (χ1n) is 4.86. The average Bonchev–Trinajstić information content (AvgIpc) is 2.48. The first-order valence-corrected chi connectivity index (χ1v) is 5.65. The summed E-state index contributed by atoms with van der Waals surface area (Å²) < 4.78 is 2.99. The number of hydrogen-bond acceptors (Lipinski definition) is 3. The van der Waals surface area contributed by atoms with Crippen LogP contribution in [0.3, 0.4) is 0 Å². The number of aromatic nitrogens is 2. The number of aryl methyl sites for hydroxylation is 2. The van der Waals surface area contributed by atoms with Crippen LogP contribution in [0, 0.1) is 25.2 Å². The number of hydrogen-bond donors (Lipinski definition) is 1. The first kappa shape index (κ1) is 12.2. The summed E-state index contributed by atoms with van der Waals surface area (Å²) in [6.45, 7) is 4.75. The second kappa shape index (κ2) is 5.29. The number of halogens is 1. The molecule has 1 unspecified atom stereocenters. The van der Waals surface area contributed by atoms with E-state index >= 15 is 0 Å². The van der Waals surface area contributed by atoms with Gasteiger partial charge in [0.25, 0.3) is 0 Å². The third kappa shape index (κ3) is 2.80. The van der Waals surface area contributed by atoms with Crippen molar-refractivity contribution in [1.82, 2.24) is 15.1 Å². The van der Waals surface area contributed by atoms with Crippen molar-refractivity contribution in [3.63, 3.8) is 0 Å². The van der Waals surface area contributed by atoms with Crippen LogP contribution in [-0.2, 0) is 6.54 Å². The van der Waals surface area contributed by atoms with Gasteiger partial charge < -0.3 is 5.32 Å². The van der Waals surface area contributed by atoms with E-state index in [0.29, 0.717) is 0 Å². The molecule has 0 aliphatic carbocycles. The summed E-state index contributed by atoms with van der Waals surface area (Å²) in [5, 5.41) is 16.1. The zero-order valence-corrected chi connectivity index (χ0v) is 10.8. The molecule has 0 aliphatic heterocycles. The summed E-state index contributed by atoms with van der Waals surface area (Å²) in [6, 6.07) is 2.09. The van der Waals surface area contributed by atoms with Gasteiger partial charge in [-0.1, -0.05) is 0 Å². The lowest BCUT2D eigenvalue weighted by Crippen LogP contribution is -2.25. The van der Waals surface area contributed by atoms with Gasteiger partial charge in [-0.05, 0) is 43.2 Å². The van der Waals surface area contributed by atoms with Crippen LogP contribution in [0.15, 0.2) is 4.47 Å². The molecule has 0 spiro atoms. The van der Waals surface area contributed by atoms with Gasteiger partial charge in [-0.15, -0.1) is 0 Å². The lowest BCUT2D eigenvalue weighted by atomic mass is 10.2. The number of nitriles is 1. The monoisotopic (exact) mass is 270 g/mol. The van der Waals surface area contributed by atoms with Gasteiger partial charge in [-0.25, -0.2) is 0 Å². The predicted molar refractivity (Wildman–Crippen MR) is 62.5 cm³/mol. The summed E-state index contributed by atoms with van der Waals surface area (Å²) in [7, 11) is 1.80. The molecule has 1 aromatic heterocycles. The molecular weight excluding hydrogens is 256 g/mol. The van der Waals surface area contributed by atoms with E-state index in [1.54, 1.807) is 7.05 Å². The fraction of sp³-hybridized carbons (Fsp3) is 0.600. The van der Waals surface area contributed by atoms with Crippen molar-refractivity contribution in [2.24, 2.45) is 0 Å². The summed E-state index contributed by atoms with van der Waals surface area (Å²) in [4.78, 5) is 0. The maximum absolute atomic E-state index is 8.78. The van der Waals surface area contributed by atoms with Crippen LogP contribution in [0.1, 0.15) is 17.8 Å². The molecule has 0 amide bonds. The zero-order chi connectivity index (χ0) is 11.4. The third-order valence-corrected chi connectivity index (χ3v) is 3.57. The molecule has 0 aromatic carbocycles. The first-order chi connectivity index (χ1) is 7.10. The van der Waals surface area contributed by atoms with Crippen LogP contribution >= 0.6 is 15.9 Å². The minimum absolute atomic E-state index is 0.104. The Bertz CT molecular complexity index is 378. The number of rotatable bonds is 4. The van der Waals surface area contributed by atoms with Crippen LogP contribution in [0.5, 0.6) is 0 Å². The van der Waals surface area contributed by atoms with E-state index in [-0.39, 0.29) is 6.04 Å². The summed E-state index contributed by atoms with van der Waals surface area (Å²) >= 11 is 3.48. The van der Waals surface area contributed by atoms with Crippen molar-refractivity contribution in [3.8, 4) is 6.07 Å². The van der Waals surface area contributed by atoms with E-state index in [1.165, 1.54) is 0 Å². The van der Waals surface area contributed by atoms with Crippen LogP contribution < -0.4 is 5.32 Å². The van der Waals surface area contributed by atoms with E-state index in [0.717, 1.165) is 28.8 Å². The lowest BCUT2D eigenvalue weighted by molar-refractivity contribution is 0.508. The largest absolute Gasteiger partial charge is 0.305 e. The van der Waals surface area contributed by atoms with Gasteiger partial charge in [-0.3, -0.25) is 4.68 Å².